The topological polar surface area (TPSA) is 15.3 Å². The van der Waals surface area contributed by atoms with Crippen molar-refractivity contribution in [3.05, 3.63) is 34.9 Å². The molecule has 2 nitrogen and oxygen atoms in total. The lowest BCUT2D eigenvalue weighted by Crippen LogP contribution is -2.34. The van der Waals surface area contributed by atoms with Gasteiger partial charge in [-0.1, -0.05) is 23.8 Å². The number of hydrogen-bond acceptors (Lipinski definition) is 2. The van der Waals surface area contributed by atoms with Crippen LogP contribution < -0.4 is 5.32 Å². The average molecular weight is 297 g/mol. The van der Waals surface area contributed by atoms with Crippen molar-refractivity contribution in [1.29, 1.82) is 0 Å². The Bertz CT molecular complexity index is 398. The molecule has 1 fully saturated rings. The molecule has 0 saturated carbocycles. The molecular formula is C17H29ClN2. The van der Waals surface area contributed by atoms with E-state index in [-0.39, 0.29) is 12.4 Å². The molecule has 0 unspecified atom stereocenters. The minimum absolute atomic E-state index is 0. The van der Waals surface area contributed by atoms with Gasteiger partial charge in [0, 0.05) is 6.54 Å². The van der Waals surface area contributed by atoms with Gasteiger partial charge in [0.25, 0.3) is 0 Å². The lowest BCUT2D eigenvalue weighted by molar-refractivity contribution is 0.172. The molecule has 3 heteroatoms. The summed E-state index contributed by atoms with van der Waals surface area (Å²) in [6.07, 6.45) is 4.08. The SMILES string of the molecule is CNCCC1CCN(Cc2cc(C)ccc2C)CC1.Cl. The van der Waals surface area contributed by atoms with Gasteiger partial charge in [0.1, 0.15) is 0 Å². The molecule has 20 heavy (non-hydrogen) atoms. The Hall–Kier alpha value is -0.570. The van der Waals surface area contributed by atoms with Crippen LogP contribution in [0.25, 0.3) is 0 Å². The summed E-state index contributed by atoms with van der Waals surface area (Å²) in [5, 5.41) is 3.27. The Morgan fingerprint density at radius 2 is 1.90 bits per heavy atom. The monoisotopic (exact) mass is 296 g/mol. The average Bonchev–Trinajstić information content (AvgIpc) is 2.42. The van der Waals surface area contributed by atoms with Gasteiger partial charge >= 0.3 is 0 Å². The minimum atomic E-state index is 0. The van der Waals surface area contributed by atoms with E-state index >= 15 is 0 Å². The molecule has 114 valence electrons. The van der Waals surface area contributed by atoms with Gasteiger partial charge in [0.15, 0.2) is 0 Å². The van der Waals surface area contributed by atoms with E-state index in [0.717, 1.165) is 12.5 Å². The molecule has 0 atom stereocenters. The second-order valence-corrected chi connectivity index (χ2v) is 6.04. The van der Waals surface area contributed by atoms with Crippen LogP contribution in [0.4, 0.5) is 0 Å². The fourth-order valence-corrected chi connectivity index (χ4v) is 2.99. The molecule has 0 bridgehead atoms. The highest BCUT2D eigenvalue weighted by atomic mass is 35.5. The first-order chi connectivity index (χ1) is 9.19. The van der Waals surface area contributed by atoms with Gasteiger partial charge in [-0.25, -0.2) is 0 Å². The third-order valence-corrected chi connectivity index (χ3v) is 4.41. The van der Waals surface area contributed by atoms with Crippen LogP contribution >= 0.6 is 12.4 Å². The first kappa shape index (κ1) is 17.5. The Morgan fingerprint density at radius 1 is 1.20 bits per heavy atom. The van der Waals surface area contributed by atoms with Gasteiger partial charge in [-0.15, -0.1) is 12.4 Å². The second-order valence-electron chi connectivity index (χ2n) is 6.04. The van der Waals surface area contributed by atoms with Crippen molar-refractivity contribution >= 4 is 12.4 Å². The first-order valence-corrected chi connectivity index (χ1v) is 7.62. The van der Waals surface area contributed by atoms with Crippen LogP contribution in [0, 0.1) is 19.8 Å². The van der Waals surface area contributed by atoms with Crippen molar-refractivity contribution in [2.24, 2.45) is 5.92 Å². The van der Waals surface area contributed by atoms with E-state index in [1.807, 2.05) is 0 Å². The van der Waals surface area contributed by atoms with Gasteiger partial charge in [0.05, 0.1) is 0 Å². The van der Waals surface area contributed by atoms with Crippen molar-refractivity contribution in [2.75, 3.05) is 26.7 Å². The van der Waals surface area contributed by atoms with Crippen LogP contribution in [-0.4, -0.2) is 31.6 Å². The molecule has 0 spiro atoms. The Kier molecular flexibility index (Phi) is 7.57. The Balaban J connectivity index is 0.00000200. The maximum atomic E-state index is 3.27. The summed E-state index contributed by atoms with van der Waals surface area (Å²) < 4.78 is 0. The van der Waals surface area contributed by atoms with Gasteiger partial charge in [-0.3, -0.25) is 4.90 Å². The van der Waals surface area contributed by atoms with Crippen molar-refractivity contribution < 1.29 is 0 Å². The number of nitrogens with zero attached hydrogens (tertiary/aromatic N) is 1. The van der Waals surface area contributed by atoms with E-state index < -0.39 is 0 Å². The van der Waals surface area contributed by atoms with E-state index in [9.17, 15) is 0 Å². The summed E-state index contributed by atoms with van der Waals surface area (Å²) in [4.78, 5) is 2.62. The summed E-state index contributed by atoms with van der Waals surface area (Å²) in [6, 6.07) is 6.82. The van der Waals surface area contributed by atoms with Crippen LogP contribution in [0.2, 0.25) is 0 Å². The molecule has 0 radical (unpaired) electrons. The van der Waals surface area contributed by atoms with Gasteiger partial charge < -0.3 is 5.32 Å². The highest BCUT2D eigenvalue weighted by Gasteiger charge is 2.19. The fourth-order valence-electron chi connectivity index (χ4n) is 2.99. The van der Waals surface area contributed by atoms with Crippen LogP contribution in [-0.2, 0) is 6.54 Å². The predicted molar refractivity (Wildman–Crippen MR) is 89.7 cm³/mol. The third kappa shape index (κ3) is 5.08. The summed E-state index contributed by atoms with van der Waals surface area (Å²) in [6.45, 7) is 9.25. The molecule has 1 aliphatic heterocycles. The predicted octanol–water partition coefficient (Wildman–Crippen LogP) is 3.55. The number of aryl methyl sites for hydroxylation is 2. The summed E-state index contributed by atoms with van der Waals surface area (Å²) >= 11 is 0. The van der Waals surface area contributed by atoms with Gasteiger partial charge in [0.2, 0.25) is 0 Å². The van der Waals surface area contributed by atoms with Crippen LogP contribution in [0.3, 0.4) is 0 Å². The van der Waals surface area contributed by atoms with Crippen LogP contribution in [0.15, 0.2) is 18.2 Å². The smallest absolute Gasteiger partial charge is 0.0236 e. The van der Waals surface area contributed by atoms with Crippen LogP contribution in [0.1, 0.15) is 36.0 Å². The maximum absolute atomic E-state index is 3.27. The van der Waals surface area contributed by atoms with Crippen molar-refractivity contribution in [1.82, 2.24) is 10.2 Å². The highest BCUT2D eigenvalue weighted by molar-refractivity contribution is 5.85. The molecule has 1 N–H and O–H groups in total. The molecule has 1 saturated heterocycles. The Morgan fingerprint density at radius 3 is 2.55 bits per heavy atom. The second kappa shape index (κ2) is 8.66. The number of rotatable bonds is 5. The fraction of sp³-hybridized carbons (Fsp3) is 0.647. The number of nitrogens with one attached hydrogen (secondary N) is 1. The molecule has 0 aromatic heterocycles. The van der Waals surface area contributed by atoms with Crippen LogP contribution in [0.5, 0.6) is 0 Å². The summed E-state index contributed by atoms with van der Waals surface area (Å²) in [7, 11) is 2.05. The zero-order valence-corrected chi connectivity index (χ0v) is 13.9. The molecular weight excluding hydrogens is 268 g/mol. The molecule has 0 aliphatic carbocycles. The summed E-state index contributed by atoms with van der Waals surface area (Å²) in [5.41, 5.74) is 4.32. The zero-order chi connectivity index (χ0) is 13.7. The van der Waals surface area contributed by atoms with E-state index in [4.69, 9.17) is 0 Å². The quantitative estimate of drug-likeness (QED) is 0.894. The van der Waals surface area contributed by atoms with Crippen molar-refractivity contribution in [2.45, 2.75) is 39.7 Å². The lowest BCUT2D eigenvalue weighted by atomic mass is 9.93. The number of hydrogen-bond donors (Lipinski definition) is 1. The molecule has 0 amide bonds. The molecule has 1 aliphatic rings. The number of benzene rings is 1. The number of likely N-dealkylation sites (tertiary alicyclic amines) is 1. The Labute approximate surface area is 130 Å². The van der Waals surface area contributed by atoms with Crippen molar-refractivity contribution in [3.63, 3.8) is 0 Å². The van der Waals surface area contributed by atoms with E-state index in [1.54, 1.807) is 0 Å². The maximum Gasteiger partial charge on any atom is 0.0236 e. The van der Waals surface area contributed by atoms with E-state index in [1.165, 1.54) is 55.6 Å². The molecule has 1 heterocycles. The number of piperidine rings is 1. The minimum Gasteiger partial charge on any atom is -0.320 e. The third-order valence-electron chi connectivity index (χ3n) is 4.41. The lowest BCUT2D eigenvalue weighted by Gasteiger charge is -2.32. The van der Waals surface area contributed by atoms with E-state index in [0.29, 0.717) is 0 Å². The molecule has 1 aromatic carbocycles. The normalized spacial score (nSPS) is 16.9. The number of halogens is 1. The largest absolute Gasteiger partial charge is 0.320 e. The highest BCUT2D eigenvalue weighted by Crippen LogP contribution is 2.22. The van der Waals surface area contributed by atoms with Crippen molar-refractivity contribution in [3.8, 4) is 0 Å². The van der Waals surface area contributed by atoms with E-state index in [2.05, 4.69) is 49.3 Å². The first-order valence-electron chi connectivity index (χ1n) is 7.62. The standard InChI is InChI=1S/C17H28N2.ClH/c1-14-4-5-15(2)17(12-14)13-19-10-7-16(8-11-19)6-9-18-3;/h4-5,12,16,18H,6-11,13H2,1-3H3;1H. The molecule has 1 aromatic rings. The van der Waals surface area contributed by atoms with Gasteiger partial charge in [-0.05, 0) is 76.8 Å². The molecule has 2 rings (SSSR count). The summed E-state index contributed by atoms with van der Waals surface area (Å²) in [5.74, 6) is 0.933. The van der Waals surface area contributed by atoms with Gasteiger partial charge in [-0.2, -0.15) is 0 Å². The zero-order valence-electron chi connectivity index (χ0n) is 13.1.